The van der Waals surface area contributed by atoms with Crippen molar-refractivity contribution in [2.45, 2.75) is 6.92 Å². The highest BCUT2D eigenvalue weighted by Gasteiger charge is 2.19. The molecule has 0 fully saturated rings. The summed E-state index contributed by atoms with van der Waals surface area (Å²) in [6.45, 7) is 1.73. The summed E-state index contributed by atoms with van der Waals surface area (Å²) >= 11 is 0. The molecule has 18 heavy (non-hydrogen) atoms. The smallest absolute Gasteiger partial charge is 0.360 e. The van der Waals surface area contributed by atoms with Crippen LogP contribution in [-0.2, 0) is 4.74 Å². The van der Waals surface area contributed by atoms with Gasteiger partial charge in [0.05, 0.1) is 18.7 Å². The SMILES string of the molecule is COC(=O)c1noc(-c2ccc(C#N)cc2)c1C. The summed E-state index contributed by atoms with van der Waals surface area (Å²) in [4.78, 5) is 11.4. The average Bonchev–Trinajstić information content (AvgIpc) is 2.80. The van der Waals surface area contributed by atoms with Crippen LogP contribution in [0.3, 0.4) is 0 Å². The number of ether oxygens (including phenoxy) is 1. The third-order valence-corrected chi connectivity index (χ3v) is 2.58. The molecule has 1 aromatic carbocycles. The molecule has 2 rings (SSSR count). The van der Waals surface area contributed by atoms with E-state index in [1.807, 2.05) is 6.07 Å². The number of hydrogen-bond acceptors (Lipinski definition) is 5. The van der Waals surface area contributed by atoms with Crippen molar-refractivity contribution in [1.29, 1.82) is 5.26 Å². The minimum Gasteiger partial charge on any atom is -0.464 e. The van der Waals surface area contributed by atoms with Gasteiger partial charge in [-0.25, -0.2) is 4.79 Å². The second kappa shape index (κ2) is 4.72. The van der Waals surface area contributed by atoms with Gasteiger partial charge in [0.15, 0.2) is 11.5 Å². The first kappa shape index (κ1) is 11.9. The zero-order valence-electron chi connectivity index (χ0n) is 9.93. The van der Waals surface area contributed by atoms with Crippen molar-refractivity contribution in [1.82, 2.24) is 5.16 Å². The van der Waals surface area contributed by atoms with Crippen LogP contribution in [0, 0.1) is 18.3 Å². The number of nitrogens with zero attached hydrogens (tertiary/aromatic N) is 2. The normalized spacial score (nSPS) is 9.83. The zero-order valence-corrected chi connectivity index (χ0v) is 9.93. The Hall–Kier alpha value is -2.61. The Morgan fingerprint density at radius 1 is 1.39 bits per heavy atom. The first-order chi connectivity index (χ1) is 8.67. The molecule has 0 bridgehead atoms. The molecule has 5 heteroatoms. The minimum absolute atomic E-state index is 0.164. The van der Waals surface area contributed by atoms with Gasteiger partial charge in [-0.2, -0.15) is 5.26 Å². The third kappa shape index (κ3) is 1.96. The van der Waals surface area contributed by atoms with Crippen LogP contribution in [-0.4, -0.2) is 18.2 Å². The minimum atomic E-state index is -0.531. The third-order valence-electron chi connectivity index (χ3n) is 2.58. The van der Waals surface area contributed by atoms with Crippen molar-refractivity contribution in [3.63, 3.8) is 0 Å². The largest absolute Gasteiger partial charge is 0.464 e. The highest BCUT2D eigenvalue weighted by atomic mass is 16.5. The maximum absolute atomic E-state index is 11.4. The van der Waals surface area contributed by atoms with Crippen molar-refractivity contribution in [3.05, 3.63) is 41.1 Å². The maximum atomic E-state index is 11.4. The molecule has 0 amide bonds. The van der Waals surface area contributed by atoms with Crippen molar-refractivity contribution in [2.75, 3.05) is 7.11 Å². The number of benzene rings is 1. The first-order valence-electron chi connectivity index (χ1n) is 5.22. The van der Waals surface area contributed by atoms with Gasteiger partial charge >= 0.3 is 5.97 Å². The molecule has 0 N–H and O–H groups in total. The second-order valence-electron chi connectivity index (χ2n) is 3.67. The van der Waals surface area contributed by atoms with Crippen molar-refractivity contribution in [2.24, 2.45) is 0 Å². The lowest BCUT2D eigenvalue weighted by atomic mass is 10.1. The Bertz CT molecular complexity index is 621. The van der Waals surface area contributed by atoms with Gasteiger partial charge in [-0.1, -0.05) is 5.16 Å². The number of aromatic nitrogens is 1. The molecular formula is C13H10N2O3. The first-order valence-corrected chi connectivity index (χ1v) is 5.22. The van der Waals surface area contributed by atoms with Gasteiger partial charge in [0.2, 0.25) is 0 Å². The Morgan fingerprint density at radius 2 is 2.06 bits per heavy atom. The van der Waals surface area contributed by atoms with Crippen LogP contribution in [0.15, 0.2) is 28.8 Å². The summed E-state index contributed by atoms with van der Waals surface area (Å²) in [7, 11) is 1.29. The topological polar surface area (TPSA) is 76.1 Å². The molecule has 0 aliphatic carbocycles. The number of carbonyl (C=O) groups is 1. The molecule has 2 aromatic rings. The van der Waals surface area contributed by atoms with Crippen LogP contribution < -0.4 is 0 Å². The Morgan fingerprint density at radius 3 is 2.61 bits per heavy atom. The summed E-state index contributed by atoms with van der Waals surface area (Å²) in [5.74, 6) is -0.0314. The fourth-order valence-corrected chi connectivity index (χ4v) is 1.59. The van der Waals surface area contributed by atoms with Crippen LogP contribution in [0.1, 0.15) is 21.6 Å². The van der Waals surface area contributed by atoms with E-state index in [1.165, 1.54) is 7.11 Å². The molecule has 0 saturated carbocycles. The number of hydrogen-bond donors (Lipinski definition) is 0. The van der Waals surface area contributed by atoms with E-state index >= 15 is 0 Å². The van der Waals surface area contributed by atoms with E-state index in [9.17, 15) is 4.79 Å². The molecule has 1 aromatic heterocycles. The van der Waals surface area contributed by atoms with Crippen molar-refractivity contribution >= 4 is 5.97 Å². The van der Waals surface area contributed by atoms with E-state index < -0.39 is 5.97 Å². The maximum Gasteiger partial charge on any atom is 0.360 e. The Labute approximate surface area is 104 Å². The molecule has 0 atom stereocenters. The van der Waals surface area contributed by atoms with Gasteiger partial charge in [0, 0.05) is 11.1 Å². The highest BCUT2D eigenvalue weighted by molar-refractivity contribution is 5.90. The lowest BCUT2D eigenvalue weighted by Crippen LogP contribution is -2.03. The fraction of sp³-hybridized carbons (Fsp3) is 0.154. The summed E-state index contributed by atoms with van der Waals surface area (Å²) < 4.78 is 9.74. The van der Waals surface area contributed by atoms with Crippen LogP contribution in [0.25, 0.3) is 11.3 Å². The van der Waals surface area contributed by atoms with E-state index in [4.69, 9.17) is 9.78 Å². The van der Waals surface area contributed by atoms with E-state index in [-0.39, 0.29) is 5.69 Å². The fourth-order valence-electron chi connectivity index (χ4n) is 1.59. The molecule has 90 valence electrons. The van der Waals surface area contributed by atoms with Crippen LogP contribution in [0.2, 0.25) is 0 Å². The quantitative estimate of drug-likeness (QED) is 0.755. The van der Waals surface area contributed by atoms with E-state index in [2.05, 4.69) is 9.89 Å². The van der Waals surface area contributed by atoms with Gasteiger partial charge in [0.1, 0.15) is 0 Å². The summed E-state index contributed by atoms with van der Waals surface area (Å²) in [6.07, 6.45) is 0. The summed E-state index contributed by atoms with van der Waals surface area (Å²) in [6, 6.07) is 8.87. The molecule has 0 spiro atoms. The van der Waals surface area contributed by atoms with Crippen LogP contribution in [0.4, 0.5) is 0 Å². The van der Waals surface area contributed by atoms with Gasteiger partial charge in [-0.05, 0) is 31.2 Å². The number of nitriles is 1. The monoisotopic (exact) mass is 242 g/mol. The van der Waals surface area contributed by atoms with Gasteiger partial charge in [0.25, 0.3) is 0 Å². The Balaban J connectivity index is 2.42. The molecule has 0 unspecified atom stereocenters. The molecule has 0 saturated heterocycles. The lowest BCUT2D eigenvalue weighted by molar-refractivity contribution is 0.0588. The Kier molecular flexibility index (Phi) is 3.11. The van der Waals surface area contributed by atoms with Crippen molar-refractivity contribution < 1.29 is 14.1 Å². The lowest BCUT2D eigenvalue weighted by Gasteiger charge is -1.98. The van der Waals surface area contributed by atoms with Crippen LogP contribution in [0.5, 0.6) is 0 Å². The molecule has 1 heterocycles. The number of methoxy groups -OCH3 is 1. The number of carbonyl (C=O) groups excluding carboxylic acids is 1. The predicted octanol–water partition coefficient (Wildman–Crippen LogP) is 2.31. The predicted molar refractivity (Wildman–Crippen MR) is 62.7 cm³/mol. The highest BCUT2D eigenvalue weighted by Crippen LogP contribution is 2.26. The van der Waals surface area contributed by atoms with Crippen LogP contribution >= 0.6 is 0 Å². The molecule has 0 aliphatic rings. The molecule has 0 aliphatic heterocycles. The average molecular weight is 242 g/mol. The van der Waals surface area contributed by atoms with E-state index in [1.54, 1.807) is 31.2 Å². The van der Waals surface area contributed by atoms with E-state index in [0.29, 0.717) is 16.9 Å². The second-order valence-corrected chi connectivity index (χ2v) is 3.67. The number of esters is 1. The number of rotatable bonds is 2. The zero-order chi connectivity index (χ0) is 13.1. The summed E-state index contributed by atoms with van der Waals surface area (Å²) in [5, 5.41) is 12.4. The van der Waals surface area contributed by atoms with Gasteiger partial charge in [-0.15, -0.1) is 0 Å². The standard InChI is InChI=1S/C13H10N2O3/c1-8-11(13(16)17-2)15-18-12(8)10-5-3-9(7-14)4-6-10/h3-6H,1-2H3. The van der Waals surface area contributed by atoms with Gasteiger partial charge in [-0.3, -0.25) is 0 Å². The van der Waals surface area contributed by atoms with Gasteiger partial charge < -0.3 is 9.26 Å². The molecular weight excluding hydrogens is 232 g/mol. The van der Waals surface area contributed by atoms with Crippen molar-refractivity contribution in [3.8, 4) is 17.4 Å². The summed E-state index contributed by atoms with van der Waals surface area (Å²) in [5.41, 5.74) is 2.10. The van der Waals surface area contributed by atoms with E-state index in [0.717, 1.165) is 5.56 Å². The molecule has 5 nitrogen and oxygen atoms in total. The molecule has 0 radical (unpaired) electrons.